The van der Waals surface area contributed by atoms with Crippen LogP contribution in [0.2, 0.25) is 0 Å². The Morgan fingerprint density at radius 3 is 3.00 bits per heavy atom. The molecule has 2 atom stereocenters. The molecule has 1 aliphatic rings. The van der Waals surface area contributed by atoms with Crippen molar-refractivity contribution in [2.75, 3.05) is 32.9 Å². The van der Waals surface area contributed by atoms with Gasteiger partial charge in [0.05, 0.1) is 19.3 Å². The van der Waals surface area contributed by atoms with Gasteiger partial charge in [0.25, 0.3) is 0 Å². The Kier molecular flexibility index (Phi) is 6.22. The molecule has 1 rings (SSSR count). The van der Waals surface area contributed by atoms with E-state index in [0.717, 1.165) is 45.8 Å². The number of morpholine rings is 1. The van der Waals surface area contributed by atoms with Gasteiger partial charge in [0, 0.05) is 25.7 Å². The first-order valence-electron chi connectivity index (χ1n) is 6.17. The zero-order valence-electron chi connectivity index (χ0n) is 10.4. The van der Waals surface area contributed by atoms with E-state index < -0.39 is 0 Å². The van der Waals surface area contributed by atoms with Crippen molar-refractivity contribution in [1.82, 2.24) is 4.90 Å². The Morgan fingerprint density at radius 2 is 2.33 bits per heavy atom. The molecule has 0 aromatic rings. The highest BCUT2D eigenvalue weighted by Gasteiger charge is 2.17. The van der Waals surface area contributed by atoms with Gasteiger partial charge in [-0.1, -0.05) is 6.92 Å². The molecule has 1 aliphatic heterocycles. The van der Waals surface area contributed by atoms with Gasteiger partial charge in [0.1, 0.15) is 0 Å². The zero-order chi connectivity index (χ0) is 11.1. The summed E-state index contributed by atoms with van der Waals surface area (Å²) in [6.45, 7) is 11.4. The second-order valence-electron chi connectivity index (χ2n) is 4.40. The van der Waals surface area contributed by atoms with E-state index in [1.165, 1.54) is 0 Å². The van der Waals surface area contributed by atoms with Crippen molar-refractivity contribution in [2.24, 2.45) is 0 Å². The molecule has 0 aliphatic carbocycles. The summed E-state index contributed by atoms with van der Waals surface area (Å²) in [7, 11) is 0. The van der Waals surface area contributed by atoms with E-state index in [9.17, 15) is 0 Å². The Balaban J connectivity index is 2.03. The maximum absolute atomic E-state index is 5.66. The highest BCUT2D eigenvalue weighted by Crippen LogP contribution is 2.07. The Bertz CT molecular complexity index is 164. The predicted octanol–water partition coefficient (Wildman–Crippen LogP) is 1.91. The van der Waals surface area contributed by atoms with E-state index in [1.54, 1.807) is 0 Å². The third-order valence-corrected chi connectivity index (χ3v) is 3.07. The molecule has 0 saturated carbocycles. The van der Waals surface area contributed by atoms with E-state index >= 15 is 0 Å². The van der Waals surface area contributed by atoms with E-state index in [-0.39, 0.29) is 0 Å². The highest BCUT2D eigenvalue weighted by atomic mass is 16.5. The van der Waals surface area contributed by atoms with E-state index in [4.69, 9.17) is 9.47 Å². The van der Waals surface area contributed by atoms with Crippen LogP contribution in [0.25, 0.3) is 0 Å². The number of hydrogen-bond donors (Lipinski definition) is 0. The molecular weight excluding hydrogens is 190 g/mol. The maximum Gasteiger partial charge on any atom is 0.0619 e. The molecule has 1 fully saturated rings. The third kappa shape index (κ3) is 4.96. The first kappa shape index (κ1) is 12.9. The molecule has 3 heteroatoms. The summed E-state index contributed by atoms with van der Waals surface area (Å²) in [5.74, 6) is 0. The fourth-order valence-corrected chi connectivity index (χ4v) is 1.76. The molecule has 0 radical (unpaired) electrons. The first-order chi connectivity index (χ1) is 7.24. The molecule has 0 aromatic carbocycles. The van der Waals surface area contributed by atoms with Crippen LogP contribution in [-0.2, 0) is 9.47 Å². The Morgan fingerprint density at radius 1 is 1.53 bits per heavy atom. The molecule has 1 saturated heterocycles. The summed E-state index contributed by atoms with van der Waals surface area (Å²) < 4.78 is 11.1. The van der Waals surface area contributed by atoms with Gasteiger partial charge in [-0.2, -0.15) is 0 Å². The summed E-state index contributed by atoms with van der Waals surface area (Å²) in [5.41, 5.74) is 0. The summed E-state index contributed by atoms with van der Waals surface area (Å²) in [5, 5.41) is 0. The normalized spacial score (nSPS) is 25.4. The topological polar surface area (TPSA) is 21.7 Å². The van der Waals surface area contributed by atoms with Gasteiger partial charge in [-0.05, 0) is 26.7 Å². The quantitative estimate of drug-likeness (QED) is 0.632. The summed E-state index contributed by atoms with van der Waals surface area (Å²) in [6, 6.07) is 0.572. The second-order valence-corrected chi connectivity index (χ2v) is 4.40. The standard InChI is InChI=1S/C12H25NO2/c1-4-12(3)15-8-5-6-13-7-9-14-10-11(13)2/h11-12H,4-10H2,1-3H3/t11-,12+/m0/s1. The van der Waals surface area contributed by atoms with Crippen LogP contribution in [0.5, 0.6) is 0 Å². The van der Waals surface area contributed by atoms with Crippen LogP contribution in [0.1, 0.15) is 33.6 Å². The van der Waals surface area contributed by atoms with Gasteiger partial charge in [-0.25, -0.2) is 0 Å². The minimum atomic E-state index is 0.409. The lowest BCUT2D eigenvalue weighted by Gasteiger charge is -2.33. The number of nitrogens with zero attached hydrogens (tertiary/aromatic N) is 1. The summed E-state index contributed by atoms with van der Waals surface area (Å²) in [4.78, 5) is 2.49. The van der Waals surface area contributed by atoms with Crippen LogP contribution in [0, 0.1) is 0 Å². The predicted molar refractivity (Wildman–Crippen MR) is 62.2 cm³/mol. The summed E-state index contributed by atoms with van der Waals surface area (Å²) >= 11 is 0. The first-order valence-corrected chi connectivity index (χ1v) is 6.17. The van der Waals surface area contributed by atoms with Crippen molar-refractivity contribution in [3.63, 3.8) is 0 Å². The molecule has 0 amide bonds. The van der Waals surface area contributed by atoms with Gasteiger partial charge < -0.3 is 9.47 Å². The van der Waals surface area contributed by atoms with Crippen LogP contribution in [-0.4, -0.2) is 50.0 Å². The SMILES string of the molecule is CC[C@@H](C)OCCCN1CCOC[C@@H]1C. The van der Waals surface area contributed by atoms with Crippen molar-refractivity contribution >= 4 is 0 Å². The molecule has 1 heterocycles. The van der Waals surface area contributed by atoms with Crippen molar-refractivity contribution in [1.29, 1.82) is 0 Å². The van der Waals surface area contributed by atoms with Crippen LogP contribution in [0.15, 0.2) is 0 Å². The zero-order valence-corrected chi connectivity index (χ0v) is 10.4. The largest absolute Gasteiger partial charge is 0.379 e. The lowest BCUT2D eigenvalue weighted by molar-refractivity contribution is -0.00799. The van der Waals surface area contributed by atoms with Crippen molar-refractivity contribution < 1.29 is 9.47 Å². The molecular formula is C12H25NO2. The van der Waals surface area contributed by atoms with Crippen LogP contribution in [0.4, 0.5) is 0 Å². The van der Waals surface area contributed by atoms with Gasteiger partial charge in [-0.15, -0.1) is 0 Å². The molecule has 90 valence electrons. The van der Waals surface area contributed by atoms with E-state index in [0.29, 0.717) is 12.1 Å². The monoisotopic (exact) mass is 215 g/mol. The third-order valence-electron chi connectivity index (χ3n) is 3.07. The van der Waals surface area contributed by atoms with Gasteiger partial charge in [0.2, 0.25) is 0 Å². The molecule has 0 spiro atoms. The second kappa shape index (κ2) is 7.20. The molecule has 0 N–H and O–H groups in total. The fourth-order valence-electron chi connectivity index (χ4n) is 1.76. The minimum Gasteiger partial charge on any atom is -0.379 e. The average Bonchev–Trinajstić information content (AvgIpc) is 2.26. The molecule has 0 unspecified atom stereocenters. The highest BCUT2D eigenvalue weighted by molar-refractivity contribution is 4.70. The number of hydrogen-bond acceptors (Lipinski definition) is 3. The van der Waals surface area contributed by atoms with Gasteiger partial charge in [-0.3, -0.25) is 4.90 Å². The lowest BCUT2D eigenvalue weighted by atomic mass is 10.2. The Labute approximate surface area is 93.7 Å². The minimum absolute atomic E-state index is 0.409. The van der Waals surface area contributed by atoms with Crippen LogP contribution in [0.3, 0.4) is 0 Å². The fraction of sp³-hybridized carbons (Fsp3) is 1.00. The number of rotatable bonds is 6. The molecule has 0 bridgehead atoms. The molecule has 0 aromatic heterocycles. The van der Waals surface area contributed by atoms with Crippen molar-refractivity contribution in [2.45, 2.75) is 45.8 Å². The van der Waals surface area contributed by atoms with Crippen molar-refractivity contribution in [3.8, 4) is 0 Å². The van der Waals surface area contributed by atoms with E-state index in [1.807, 2.05) is 0 Å². The van der Waals surface area contributed by atoms with Crippen LogP contribution < -0.4 is 0 Å². The number of ether oxygens (including phenoxy) is 2. The van der Waals surface area contributed by atoms with Gasteiger partial charge >= 0.3 is 0 Å². The maximum atomic E-state index is 5.66. The average molecular weight is 215 g/mol. The van der Waals surface area contributed by atoms with Gasteiger partial charge in [0.15, 0.2) is 0 Å². The Hall–Kier alpha value is -0.120. The van der Waals surface area contributed by atoms with Crippen molar-refractivity contribution in [3.05, 3.63) is 0 Å². The molecule has 15 heavy (non-hydrogen) atoms. The smallest absolute Gasteiger partial charge is 0.0619 e. The lowest BCUT2D eigenvalue weighted by Crippen LogP contribution is -2.44. The van der Waals surface area contributed by atoms with E-state index in [2.05, 4.69) is 25.7 Å². The van der Waals surface area contributed by atoms with Crippen LogP contribution >= 0.6 is 0 Å². The summed E-state index contributed by atoms with van der Waals surface area (Å²) in [6.07, 6.45) is 2.65. The molecule has 3 nitrogen and oxygen atoms in total.